The summed E-state index contributed by atoms with van der Waals surface area (Å²) >= 11 is 0. The van der Waals surface area contributed by atoms with E-state index in [0.29, 0.717) is 12.3 Å². The quantitative estimate of drug-likeness (QED) is 0.183. The lowest BCUT2D eigenvalue weighted by atomic mass is 10.3. The Morgan fingerprint density at radius 1 is 1.35 bits per heavy atom. The number of aliphatic hydroxyl groups is 2. The van der Waals surface area contributed by atoms with Gasteiger partial charge in [-0.15, -0.1) is 0 Å². The third kappa shape index (κ3) is 12.7. The van der Waals surface area contributed by atoms with Crippen molar-refractivity contribution >= 4 is 12.8 Å². The van der Waals surface area contributed by atoms with Crippen molar-refractivity contribution in [3.8, 4) is 0 Å². The van der Waals surface area contributed by atoms with Gasteiger partial charge in [0.25, 0.3) is 0 Å². The Balaban J connectivity index is 0. The fourth-order valence-corrected chi connectivity index (χ4v) is 0.775. The lowest BCUT2D eigenvalue weighted by Crippen LogP contribution is -2.45. The predicted molar refractivity (Wildman–Crippen MR) is 61.7 cm³/mol. The van der Waals surface area contributed by atoms with E-state index in [1.165, 1.54) is 0 Å². The topological polar surface area (TPSA) is 108 Å². The number of esters is 1. The Morgan fingerprint density at radius 2 is 1.88 bits per heavy atom. The van der Waals surface area contributed by atoms with Gasteiger partial charge in [-0.3, -0.25) is 15.6 Å². The summed E-state index contributed by atoms with van der Waals surface area (Å²) in [6.07, 6.45) is 0.184. The molecule has 4 N–H and O–H groups in total. The van der Waals surface area contributed by atoms with E-state index in [1.54, 1.807) is 6.92 Å². The largest absolute Gasteiger partial charge is 0.432 e. The van der Waals surface area contributed by atoms with Crippen molar-refractivity contribution in [2.75, 3.05) is 19.8 Å². The average Bonchev–Trinajstić information content (AvgIpc) is 2.31. The van der Waals surface area contributed by atoms with E-state index in [4.69, 9.17) is 19.7 Å². The summed E-state index contributed by atoms with van der Waals surface area (Å²) in [5, 5.41) is 17.4. The molecule has 0 amide bonds. The molecule has 0 unspecified atom stereocenters. The Kier molecular flexibility index (Phi) is 13.6. The first-order valence-corrected chi connectivity index (χ1v) is 4.95. The maximum atomic E-state index is 11.0. The summed E-state index contributed by atoms with van der Waals surface area (Å²) in [4.78, 5) is 19.0. The van der Waals surface area contributed by atoms with E-state index in [0.717, 1.165) is 0 Å². The number of carbonyl (C=O) groups excluding carboxylic acids is 2. The first kappa shape index (κ1) is 18.1. The van der Waals surface area contributed by atoms with Crippen LogP contribution in [-0.2, 0) is 14.3 Å². The van der Waals surface area contributed by atoms with Crippen LogP contribution in [0.5, 0.6) is 0 Å². The zero-order valence-electron chi connectivity index (χ0n) is 9.94. The Bertz CT molecular complexity index is 219. The van der Waals surface area contributed by atoms with Crippen LogP contribution in [0.2, 0.25) is 0 Å². The minimum Gasteiger partial charge on any atom is -0.432 e. The van der Waals surface area contributed by atoms with Crippen LogP contribution < -0.4 is 10.9 Å². The maximum Gasteiger partial charge on any atom is 0.312 e. The fraction of sp³-hybridized carbons (Fsp3) is 0.600. The minimum absolute atomic E-state index is 0.181. The van der Waals surface area contributed by atoms with E-state index < -0.39 is 6.04 Å². The number of hydrogen-bond donors (Lipinski definition) is 4. The molecule has 17 heavy (non-hydrogen) atoms. The summed E-state index contributed by atoms with van der Waals surface area (Å²) in [5.41, 5.74) is 5.34. The number of aliphatic hydroxyl groups excluding tert-OH is 2. The number of rotatable bonds is 8. The fourth-order valence-electron chi connectivity index (χ4n) is 0.775. The molecule has 0 fully saturated rings. The molecule has 0 heterocycles. The van der Waals surface area contributed by atoms with Gasteiger partial charge in [0.15, 0.2) is 0 Å². The van der Waals surface area contributed by atoms with E-state index in [1.807, 2.05) is 6.79 Å². The molecule has 0 saturated heterocycles. The van der Waals surface area contributed by atoms with Crippen molar-refractivity contribution in [1.82, 2.24) is 10.9 Å². The van der Waals surface area contributed by atoms with E-state index in [-0.39, 0.29) is 25.6 Å². The van der Waals surface area contributed by atoms with Crippen LogP contribution in [0.3, 0.4) is 0 Å². The molecule has 7 nitrogen and oxygen atoms in total. The number of allylic oxidation sites excluding steroid dienone is 1. The molecule has 0 aromatic heterocycles. The second kappa shape index (κ2) is 12.8. The van der Waals surface area contributed by atoms with Crippen molar-refractivity contribution < 1.29 is 24.5 Å². The molecule has 0 aliphatic heterocycles. The van der Waals surface area contributed by atoms with E-state index in [2.05, 4.69) is 17.4 Å². The monoisotopic (exact) mass is 248 g/mol. The van der Waals surface area contributed by atoms with Crippen molar-refractivity contribution in [2.24, 2.45) is 0 Å². The SMILES string of the molecule is C=C(C)OC(=O)CCNNC(CO)CO.C=O. The van der Waals surface area contributed by atoms with Gasteiger partial charge >= 0.3 is 5.97 Å². The molecule has 0 bridgehead atoms. The molecule has 0 saturated carbocycles. The maximum absolute atomic E-state index is 11.0. The number of nitrogens with one attached hydrogen (secondary N) is 2. The molecule has 0 aliphatic rings. The molecule has 0 atom stereocenters. The number of ether oxygens (including phenoxy) is 1. The van der Waals surface area contributed by atoms with Crippen LogP contribution in [0.4, 0.5) is 0 Å². The van der Waals surface area contributed by atoms with Crippen LogP contribution >= 0.6 is 0 Å². The highest BCUT2D eigenvalue weighted by molar-refractivity contribution is 5.70. The van der Waals surface area contributed by atoms with Crippen molar-refractivity contribution in [1.29, 1.82) is 0 Å². The normalized spacial score (nSPS) is 9.41. The standard InChI is InChI=1S/C9H18N2O4.CH2O/c1-7(2)15-9(14)3-4-10-11-8(5-12)6-13;1-2/h8,10-13H,1,3-6H2,2H3;1H2. The van der Waals surface area contributed by atoms with Crippen molar-refractivity contribution in [3.63, 3.8) is 0 Å². The Labute approximate surface area is 100 Å². The van der Waals surface area contributed by atoms with Gasteiger partial charge in [0.05, 0.1) is 31.4 Å². The highest BCUT2D eigenvalue weighted by Crippen LogP contribution is 1.93. The van der Waals surface area contributed by atoms with Gasteiger partial charge in [0.2, 0.25) is 0 Å². The molecule has 0 rings (SSSR count). The molecule has 0 aromatic carbocycles. The van der Waals surface area contributed by atoms with Crippen LogP contribution in [0.1, 0.15) is 13.3 Å². The highest BCUT2D eigenvalue weighted by Gasteiger charge is 2.05. The first-order valence-electron chi connectivity index (χ1n) is 4.95. The lowest BCUT2D eigenvalue weighted by molar-refractivity contribution is -0.139. The molecule has 0 radical (unpaired) electrons. The second-order valence-electron chi connectivity index (χ2n) is 3.06. The van der Waals surface area contributed by atoms with Crippen LogP contribution in [0.15, 0.2) is 12.3 Å². The average molecular weight is 248 g/mol. The third-order valence-electron chi connectivity index (χ3n) is 1.49. The van der Waals surface area contributed by atoms with Gasteiger partial charge in [-0.2, -0.15) is 0 Å². The third-order valence-corrected chi connectivity index (χ3v) is 1.49. The Morgan fingerprint density at radius 3 is 2.29 bits per heavy atom. The molecule has 0 aromatic rings. The van der Waals surface area contributed by atoms with Gasteiger partial charge in [-0.05, 0) is 6.92 Å². The van der Waals surface area contributed by atoms with E-state index in [9.17, 15) is 4.79 Å². The molecule has 7 heteroatoms. The molecular weight excluding hydrogens is 228 g/mol. The highest BCUT2D eigenvalue weighted by atomic mass is 16.5. The zero-order chi connectivity index (χ0) is 13.7. The zero-order valence-corrected chi connectivity index (χ0v) is 9.94. The van der Waals surface area contributed by atoms with Gasteiger partial charge in [0.1, 0.15) is 6.79 Å². The smallest absolute Gasteiger partial charge is 0.312 e. The molecular formula is C10H20N2O5. The summed E-state index contributed by atoms with van der Waals surface area (Å²) in [7, 11) is 0. The molecule has 0 spiro atoms. The first-order chi connectivity index (χ1) is 8.10. The van der Waals surface area contributed by atoms with Gasteiger partial charge in [-0.1, -0.05) is 6.58 Å². The summed E-state index contributed by atoms with van der Waals surface area (Å²) < 4.78 is 4.71. The summed E-state index contributed by atoms with van der Waals surface area (Å²) in [6, 6.07) is -0.429. The van der Waals surface area contributed by atoms with Gasteiger partial charge in [-0.25, -0.2) is 0 Å². The van der Waals surface area contributed by atoms with Gasteiger partial charge in [0, 0.05) is 6.54 Å². The summed E-state index contributed by atoms with van der Waals surface area (Å²) in [5.74, 6) is -0.0158. The van der Waals surface area contributed by atoms with Gasteiger partial charge < -0.3 is 19.7 Å². The van der Waals surface area contributed by atoms with E-state index >= 15 is 0 Å². The van der Waals surface area contributed by atoms with Crippen LogP contribution in [0, 0.1) is 0 Å². The van der Waals surface area contributed by atoms with Crippen molar-refractivity contribution in [2.45, 2.75) is 19.4 Å². The van der Waals surface area contributed by atoms with Crippen LogP contribution in [0.25, 0.3) is 0 Å². The summed E-state index contributed by atoms with van der Waals surface area (Å²) in [6.45, 7) is 7.02. The number of carbonyl (C=O) groups is 2. The van der Waals surface area contributed by atoms with Crippen molar-refractivity contribution in [3.05, 3.63) is 12.3 Å². The van der Waals surface area contributed by atoms with Crippen LogP contribution in [-0.4, -0.2) is 48.8 Å². The number of hydrazine groups is 1. The Hall–Kier alpha value is -1.28. The predicted octanol–water partition coefficient (Wildman–Crippen LogP) is -1.28. The minimum atomic E-state index is -0.429. The molecule has 0 aliphatic carbocycles. The second-order valence-corrected chi connectivity index (χ2v) is 3.06. The number of hydrogen-bond acceptors (Lipinski definition) is 7. The lowest BCUT2D eigenvalue weighted by Gasteiger charge is -2.13. The molecule has 100 valence electrons.